The zero-order chi connectivity index (χ0) is 17.3. The lowest BCUT2D eigenvalue weighted by Gasteiger charge is -2.18. The number of rotatable bonds is 4. The molecule has 2 aromatic carbocycles. The molecule has 6 nitrogen and oxygen atoms in total. The van der Waals surface area contributed by atoms with Crippen molar-refractivity contribution in [3.05, 3.63) is 53.1 Å². The van der Waals surface area contributed by atoms with Crippen LogP contribution >= 0.6 is 0 Å². The number of ether oxygens (including phenoxy) is 1. The van der Waals surface area contributed by atoms with Gasteiger partial charge in [-0.2, -0.15) is 0 Å². The van der Waals surface area contributed by atoms with Crippen LogP contribution in [-0.4, -0.2) is 20.9 Å². The zero-order valence-corrected chi connectivity index (χ0v) is 14.2. The van der Waals surface area contributed by atoms with Gasteiger partial charge in [0.05, 0.1) is 10.6 Å². The highest BCUT2D eigenvalue weighted by Crippen LogP contribution is 2.28. The predicted octanol–water partition coefficient (Wildman–Crippen LogP) is 2.11. The maximum absolute atomic E-state index is 12.5. The molecule has 24 heavy (non-hydrogen) atoms. The number of hydrogen-bond donors (Lipinski definition) is 2. The number of anilines is 1. The Morgan fingerprint density at radius 1 is 1.17 bits per heavy atom. The minimum absolute atomic E-state index is 0.00832. The lowest BCUT2D eigenvalue weighted by atomic mass is 10.1. The van der Waals surface area contributed by atoms with Gasteiger partial charge in [0.25, 0.3) is 5.91 Å². The highest BCUT2D eigenvalue weighted by atomic mass is 32.2. The largest absolute Gasteiger partial charge is 0.482 e. The van der Waals surface area contributed by atoms with Crippen LogP contribution in [-0.2, 0) is 21.4 Å². The summed E-state index contributed by atoms with van der Waals surface area (Å²) in [5.41, 5.74) is 2.86. The molecule has 0 radical (unpaired) electrons. The number of nitrogens with one attached hydrogen (secondary N) is 2. The third kappa shape index (κ3) is 3.42. The normalized spacial score (nSPS) is 13.8. The average molecular weight is 346 g/mol. The maximum Gasteiger partial charge on any atom is 0.262 e. The Labute approximate surface area is 140 Å². The summed E-state index contributed by atoms with van der Waals surface area (Å²) in [5.74, 6) is 0.353. The molecule has 1 heterocycles. The molecule has 2 N–H and O–H groups in total. The van der Waals surface area contributed by atoms with Crippen LogP contribution in [0.15, 0.2) is 41.3 Å². The van der Waals surface area contributed by atoms with E-state index >= 15 is 0 Å². The SMILES string of the molecule is Cc1ccc(C)c(S(=O)(=O)NCc2ccc3c(c2)NC(=O)CO3)c1. The third-order valence-corrected chi connectivity index (χ3v) is 5.32. The van der Waals surface area contributed by atoms with Crippen LogP contribution in [0.1, 0.15) is 16.7 Å². The average Bonchev–Trinajstić information content (AvgIpc) is 2.54. The Bertz CT molecular complexity index is 907. The molecule has 0 aromatic heterocycles. The van der Waals surface area contributed by atoms with Crippen molar-refractivity contribution >= 4 is 21.6 Å². The number of benzene rings is 2. The lowest BCUT2D eigenvalue weighted by molar-refractivity contribution is -0.118. The summed E-state index contributed by atoms with van der Waals surface area (Å²) in [6.07, 6.45) is 0. The van der Waals surface area contributed by atoms with Crippen LogP contribution in [0.4, 0.5) is 5.69 Å². The van der Waals surface area contributed by atoms with Gasteiger partial charge in [0.1, 0.15) is 5.75 Å². The molecule has 126 valence electrons. The topological polar surface area (TPSA) is 84.5 Å². The van der Waals surface area contributed by atoms with Gasteiger partial charge in [-0.1, -0.05) is 18.2 Å². The van der Waals surface area contributed by atoms with E-state index < -0.39 is 10.0 Å². The predicted molar refractivity (Wildman–Crippen MR) is 90.5 cm³/mol. The molecule has 2 aromatic rings. The van der Waals surface area contributed by atoms with E-state index in [4.69, 9.17) is 4.74 Å². The first-order valence-corrected chi connectivity index (χ1v) is 8.96. The first kappa shape index (κ1) is 16.5. The molecule has 0 unspecified atom stereocenters. The van der Waals surface area contributed by atoms with Crippen LogP contribution in [0.5, 0.6) is 5.75 Å². The fraction of sp³-hybridized carbons (Fsp3) is 0.235. The summed E-state index contributed by atoms with van der Waals surface area (Å²) in [6.45, 7) is 3.73. The first-order valence-electron chi connectivity index (χ1n) is 7.48. The van der Waals surface area contributed by atoms with Gasteiger partial charge < -0.3 is 10.1 Å². The number of carbonyl (C=O) groups is 1. The van der Waals surface area contributed by atoms with E-state index in [2.05, 4.69) is 10.0 Å². The third-order valence-electron chi connectivity index (χ3n) is 3.78. The van der Waals surface area contributed by atoms with Crippen molar-refractivity contribution in [3.8, 4) is 5.75 Å². The molecule has 1 amide bonds. The van der Waals surface area contributed by atoms with Crippen LogP contribution in [0.25, 0.3) is 0 Å². The van der Waals surface area contributed by atoms with Gasteiger partial charge in [0.2, 0.25) is 10.0 Å². The number of amides is 1. The number of carbonyl (C=O) groups excluding carboxylic acids is 1. The Morgan fingerprint density at radius 2 is 1.96 bits per heavy atom. The lowest BCUT2D eigenvalue weighted by Crippen LogP contribution is -2.26. The quantitative estimate of drug-likeness (QED) is 0.888. The van der Waals surface area contributed by atoms with Crippen molar-refractivity contribution in [2.75, 3.05) is 11.9 Å². The number of fused-ring (bicyclic) bond motifs is 1. The van der Waals surface area contributed by atoms with Crippen molar-refractivity contribution in [2.45, 2.75) is 25.3 Å². The Kier molecular flexibility index (Phi) is 4.29. The van der Waals surface area contributed by atoms with E-state index in [0.717, 1.165) is 11.1 Å². The van der Waals surface area contributed by atoms with E-state index in [0.29, 0.717) is 17.0 Å². The second-order valence-electron chi connectivity index (χ2n) is 5.76. The van der Waals surface area contributed by atoms with Crippen molar-refractivity contribution in [2.24, 2.45) is 0 Å². The van der Waals surface area contributed by atoms with Gasteiger partial charge in [0.15, 0.2) is 6.61 Å². The van der Waals surface area contributed by atoms with Gasteiger partial charge in [0, 0.05) is 6.54 Å². The highest BCUT2D eigenvalue weighted by molar-refractivity contribution is 7.89. The molecular weight excluding hydrogens is 328 g/mol. The highest BCUT2D eigenvalue weighted by Gasteiger charge is 2.19. The molecule has 3 rings (SSSR count). The summed E-state index contributed by atoms with van der Waals surface area (Å²) in [6, 6.07) is 10.5. The molecule has 1 aliphatic heterocycles. The van der Waals surface area contributed by atoms with Crippen LogP contribution in [0.2, 0.25) is 0 Å². The van der Waals surface area contributed by atoms with E-state index in [1.165, 1.54) is 0 Å². The molecule has 0 aliphatic carbocycles. The van der Waals surface area contributed by atoms with E-state index in [9.17, 15) is 13.2 Å². The van der Waals surface area contributed by atoms with Gasteiger partial charge >= 0.3 is 0 Å². The van der Waals surface area contributed by atoms with E-state index in [1.807, 2.05) is 13.0 Å². The second kappa shape index (κ2) is 6.26. The summed E-state index contributed by atoms with van der Waals surface area (Å²) in [7, 11) is -3.61. The maximum atomic E-state index is 12.5. The summed E-state index contributed by atoms with van der Waals surface area (Å²) in [5, 5.41) is 2.70. The zero-order valence-electron chi connectivity index (χ0n) is 13.4. The fourth-order valence-electron chi connectivity index (χ4n) is 2.49. The molecule has 0 atom stereocenters. The minimum atomic E-state index is -3.61. The smallest absolute Gasteiger partial charge is 0.262 e. The van der Waals surface area contributed by atoms with Crippen molar-refractivity contribution in [3.63, 3.8) is 0 Å². The molecular formula is C17H18N2O4S. The molecule has 7 heteroatoms. The summed E-state index contributed by atoms with van der Waals surface area (Å²) in [4.78, 5) is 11.6. The van der Waals surface area contributed by atoms with E-state index in [-0.39, 0.29) is 24.0 Å². The second-order valence-corrected chi connectivity index (χ2v) is 7.50. The Balaban J connectivity index is 1.79. The number of hydrogen-bond acceptors (Lipinski definition) is 4. The van der Waals surface area contributed by atoms with Gasteiger partial charge in [-0.15, -0.1) is 0 Å². The van der Waals surface area contributed by atoms with Crippen molar-refractivity contribution in [1.29, 1.82) is 0 Å². The molecule has 0 saturated carbocycles. The van der Waals surface area contributed by atoms with E-state index in [1.54, 1.807) is 37.3 Å². The molecule has 0 fully saturated rings. The monoisotopic (exact) mass is 346 g/mol. The minimum Gasteiger partial charge on any atom is -0.482 e. The Morgan fingerprint density at radius 3 is 2.75 bits per heavy atom. The van der Waals surface area contributed by atoms with Crippen LogP contribution < -0.4 is 14.8 Å². The van der Waals surface area contributed by atoms with Gasteiger partial charge in [-0.25, -0.2) is 13.1 Å². The molecule has 0 saturated heterocycles. The number of sulfonamides is 1. The summed E-state index contributed by atoms with van der Waals surface area (Å²) >= 11 is 0. The van der Waals surface area contributed by atoms with Crippen LogP contribution in [0.3, 0.4) is 0 Å². The standard InChI is InChI=1S/C17H18N2O4S/c1-11-3-4-12(2)16(7-11)24(21,22)18-9-13-5-6-15-14(8-13)19-17(20)10-23-15/h3-8,18H,9-10H2,1-2H3,(H,19,20). The first-order chi connectivity index (χ1) is 11.3. The van der Waals surface area contributed by atoms with Gasteiger partial charge in [-0.05, 0) is 48.7 Å². The molecule has 1 aliphatic rings. The number of aryl methyl sites for hydroxylation is 2. The Hall–Kier alpha value is -2.38. The van der Waals surface area contributed by atoms with Crippen molar-refractivity contribution < 1.29 is 17.9 Å². The van der Waals surface area contributed by atoms with Gasteiger partial charge in [-0.3, -0.25) is 4.79 Å². The summed E-state index contributed by atoms with van der Waals surface area (Å²) < 4.78 is 32.9. The molecule has 0 bridgehead atoms. The van der Waals surface area contributed by atoms with Crippen LogP contribution in [0, 0.1) is 13.8 Å². The molecule has 0 spiro atoms. The fourth-order valence-corrected chi connectivity index (χ4v) is 3.84. The van der Waals surface area contributed by atoms with Crippen molar-refractivity contribution in [1.82, 2.24) is 4.72 Å².